The summed E-state index contributed by atoms with van der Waals surface area (Å²) in [6.45, 7) is 0. The number of methoxy groups -OCH3 is 1. The molecule has 4 heteroatoms. The molecule has 14 heavy (non-hydrogen) atoms. The standard InChI is InChI=1S/C10H8FNO2/c1-14-10-7(4-5-13)2-3-8(6-12)9(10)11/h2-3,5H,4H2,1H3. The van der Waals surface area contributed by atoms with Gasteiger partial charge in [-0.05, 0) is 6.07 Å². The van der Waals surface area contributed by atoms with Crippen molar-refractivity contribution in [2.24, 2.45) is 0 Å². The van der Waals surface area contributed by atoms with Gasteiger partial charge in [0, 0.05) is 12.0 Å². The first-order chi connectivity index (χ1) is 6.74. The van der Waals surface area contributed by atoms with E-state index in [9.17, 15) is 9.18 Å². The molecule has 0 fully saturated rings. The number of aldehydes is 1. The fourth-order valence-electron chi connectivity index (χ4n) is 1.15. The highest BCUT2D eigenvalue weighted by molar-refractivity contribution is 5.59. The van der Waals surface area contributed by atoms with E-state index in [1.54, 1.807) is 6.07 Å². The van der Waals surface area contributed by atoms with Crippen LogP contribution in [0.3, 0.4) is 0 Å². The van der Waals surface area contributed by atoms with Crippen molar-refractivity contribution in [3.8, 4) is 11.8 Å². The average molecular weight is 193 g/mol. The number of halogens is 1. The van der Waals surface area contributed by atoms with Crippen LogP contribution >= 0.6 is 0 Å². The molecular weight excluding hydrogens is 185 g/mol. The minimum absolute atomic E-state index is 0.0313. The number of ether oxygens (including phenoxy) is 1. The molecule has 1 aromatic carbocycles. The van der Waals surface area contributed by atoms with Crippen LogP contribution in [-0.4, -0.2) is 13.4 Å². The Morgan fingerprint density at radius 2 is 2.36 bits per heavy atom. The van der Waals surface area contributed by atoms with Crippen molar-refractivity contribution in [2.75, 3.05) is 7.11 Å². The van der Waals surface area contributed by atoms with Gasteiger partial charge in [0.2, 0.25) is 0 Å². The van der Waals surface area contributed by atoms with Crippen LogP contribution in [0.5, 0.6) is 5.75 Å². The lowest BCUT2D eigenvalue weighted by Gasteiger charge is -2.07. The topological polar surface area (TPSA) is 50.1 Å². The monoisotopic (exact) mass is 193 g/mol. The molecule has 0 saturated heterocycles. The third-order valence-corrected chi connectivity index (χ3v) is 1.81. The van der Waals surface area contributed by atoms with E-state index in [0.717, 1.165) is 0 Å². The molecule has 1 rings (SSSR count). The number of nitrogens with zero attached hydrogens (tertiary/aromatic N) is 1. The van der Waals surface area contributed by atoms with Crippen LogP contribution in [0.15, 0.2) is 12.1 Å². The van der Waals surface area contributed by atoms with Gasteiger partial charge in [0.15, 0.2) is 11.6 Å². The normalized spacial score (nSPS) is 9.21. The minimum atomic E-state index is -0.714. The average Bonchev–Trinajstić information content (AvgIpc) is 2.19. The summed E-state index contributed by atoms with van der Waals surface area (Å²) in [6.07, 6.45) is 0.731. The van der Waals surface area contributed by atoms with Gasteiger partial charge in [-0.3, -0.25) is 0 Å². The molecule has 0 aliphatic rings. The predicted octanol–water partition coefficient (Wildman–Crippen LogP) is 1.45. The van der Waals surface area contributed by atoms with Crippen LogP contribution in [0.1, 0.15) is 11.1 Å². The number of hydrogen-bond acceptors (Lipinski definition) is 3. The molecule has 3 nitrogen and oxygen atoms in total. The number of carbonyl (C=O) groups is 1. The lowest BCUT2D eigenvalue weighted by atomic mass is 10.1. The molecule has 72 valence electrons. The maximum Gasteiger partial charge on any atom is 0.183 e. The number of nitriles is 1. The number of carbonyl (C=O) groups excluding carboxylic acids is 1. The van der Waals surface area contributed by atoms with Gasteiger partial charge in [-0.15, -0.1) is 0 Å². The maximum absolute atomic E-state index is 13.4. The van der Waals surface area contributed by atoms with E-state index in [1.807, 2.05) is 0 Å². The Kier molecular flexibility index (Phi) is 3.19. The van der Waals surface area contributed by atoms with Gasteiger partial charge in [-0.2, -0.15) is 5.26 Å². The van der Waals surface area contributed by atoms with Crippen LogP contribution in [-0.2, 0) is 11.2 Å². The van der Waals surface area contributed by atoms with Crippen LogP contribution in [0.2, 0.25) is 0 Å². The highest BCUT2D eigenvalue weighted by Crippen LogP contribution is 2.25. The van der Waals surface area contributed by atoms with Crippen molar-refractivity contribution < 1.29 is 13.9 Å². The van der Waals surface area contributed by atoms with Crippen LogP contribution < -0.4 is 4.74 Å². The van der Waals surface area contributed by atoms with Gasteiger partial charge in [-0.25, -0.2) is 4.39 Å². The van der Waals surface area contributed by atoms with Crippen molar-refractivity contribution >= 4 is 6.29 Å². The van der Waals surface area contributed by atoms with E-state index in [4.69, 9.17) is 10.00 Å². The molecule has 0 heterocycles. The summed E-state index contributed by atoms with van der Waals surface area (Å²) in [6, 6.07) is 4.53. The Hall–Kier alpha value is -1.89. The second-order valence-corrected chi connectivity index (χ2v) is 2.60. The zero-order valence-corrected chi connectivity index (χ0v) is 7.58. The molecule has 0 amide bonds. The van der Waals surface area contributed by atoms with Crippen molar-refractivity contribution in [1.82, 2.24) is 0 Å². The van der Waals surface area contributed by atoms with E-state index in [0.29, 0.717) is 11.8 Å². The molecule has 0 bridgehead atoms. The molecule has 0 saturated carbocycles. The van der Waals surface area contributed by atoms with Gasteiger partial charge in [0.25, 0.3) is 0 Å². The Balaban J connectivity index is 3.29. The van der Waals surface area contributed by atoms with Gasteiger partial charge >= 0.3 is 0 Å². The third kappa shape index (κ3) is 1.72. The van der Waals surface area contributed by atoms with Crippen molar-refractivity contribution in [2.45, 2.75) is 6.42 Å². The van der Waals surface area contributed by atoms with Gasteiger partial charge in [0.05, 0.1) is 12.7 Å². The summed E-state index contributed by atoms with van der Waals surface area (Å²) in [5.74, 6) is -0.745. The third-order valence-electron chi connectivity index (χ3n) is 1.81. The Bertz CT molecular complexity index is 396. The van der Waals surface area contributed by atoms with Gasteiger partial charge < -0.3 is 9.53 Å². The smallest absolute Gasteiger partial charge is 0.183 e. The molecule has 0 aliphatic carbocycles. The van der Waals surface area contributed by atoms with Crippen molar-refractivity contribution in [3.63, 3.8) is 0 Å². The quantitative estimate of drug-likeness (QED) is 0.682. The molecule has 0 atom stereocenters. The summed E-state index contributed by atoms with van der Waals surface area (Å²) in [5, 5.41) is 8.54. The Labute approximate surface area is 80.7 Å². The van der Waals surface area contributed by atoms with E-state index in [-0.39, 0.29) is 17.7 Å². The van der Waals surface area contributed by atoms with Crippen LogP contribution in [0.4, 0.5) is 4.39 Å². The molecule has 0 N–H and O–H groups in total. The maximum atomic E-state index is 13.4. The van der Waals surface area contributed by atoms with Gasteiger partial charge in [0.1, 0.15) is 12.4 Å². The molecule has 0 unspecified atom stereocenters. The largest absolute Gasteiger partial charge is 0.493 e. The SMILES string of the molecule is COc1c(CC=O)ccc(C#N)c1F. The summed E-state index contributed by atoms with van der Waals surface area (Å²) in [4.78, 5) is 10.3. The fraction of sp³-hybridized carbons (Fsp3) is 0.200. The van der Waals surface area contributed by atoms with E-state index in [1.165, 1.54) is 19.2 Å². The minimum Gasteiger partial charge on any atom is -0.493 e. The highest BCUT2D eigenvalue weighted by atomic mass is 19.1. The Morgan fingerprint density at radius 3 is 2.86 bits per heavy atom. The molecule has 0 radical (unpaired) electrons. The summed E-state index contributed by atoms with van der Waals surface area (Å²) in [7, 11) is 1.30. The summed E-state index contributed by atoms with van der Waals surface area (Å²) < 4.78 is 18.2. The lowest BCUT2D eigenvalue weighted by Crippen LogP contribution is -1.98. The zero-order valence-electron chi connectivity index (χ0n) is 7.58. The predicted molar refractivity (Wildman–Crippen MR) is 47.4 cm³/mol. The molecule has 0 aromatic heterocycles. The summed E-state index contributed by atoms with van der Waals surface area (Å²) in [5.41, 5.74) is 0.357. The second-order valence-electron chi connectivity index (χ2n) is 2.60. The second kappa shape index (κ2) is 4.38. The first kappa shape index (κ1) is 10.2. The molecule has 0 spiro atoms. The zero-order chi connectivity index (χ0) is 10.6. The van der Waals surface area contributed by atoms with Crippen molar-refractivity contribution in [1.29, 1.82) is 5.26 Å². The molecular formula is C10H8FNO2. The Morgan fingerprint density at radius 1 is 1.64 bits per heavy atom. The van der Waals surface area contributed by atoms with Crippen molar-refractivity contribution in [3.05, 3.63) is 29.1 Å². The van der Waals surface area contributed by atoms with Crippen LogP contribution in [0.25, 0.3) is 0 Å². The van der Waals surface area contributed by atoms with E-state index < -0.39 is 5.82 Å². The van der Waals surface area contributed by atoms with Crippen LogP contribution in [0, 0.1) is 17.1 Å². The lowest BCUT2D eigenvalue weighted by molar-refractivity contribution is -0.107. The van der Waals surface area contributed by atoms with E-state index >= 15 is 0 Å². The highest BCUT2D eigenvalue weighted by Gasteiger charge is 2.13. The van der Waals surface area contributed by atoms with E-state index in [2.05, 4.69) is 0 Å². The first-order valence-corrected chi connectivity index (χ1v) is 3.93. The molecule has 0 aliphatic heterocycles. The number of rotatable bonds is 3. The summed E-state index contributed by atoms with van der Waals surface area (Å²) >= 11 is 0. The number of hydrogen-bond donors (Lipinski definition) is 0. The number of benzene rings is 1. The fourth-order valence-corrected chi connectivity index (χ4v) is 1.15. The van der Waals surface area contributed by atoms with Gasteiger partial charge in [-0.1, -0.05) is 6.07 Å². The first-order valence-electron chi connectivity index (χ1n) is 3.93. The molecule has 1 aromatic rings.